The number of hydrogen-bond acceptors (Lipinski definition) is 6. The van der Waals surface area contributed by atoms with E-state index in [-0.39, 0.29) is 18.9 Å². The van der Waals surface area contributed by atoms with Gasteiger partial charge in [0.2, 0.25) is 11.8 Å². The Balaban J connectivity index is 3.04. The Bertz CT molecular complexity index is 732. The molecule has 0 aromatic heterocycles. The Kier molecular flexibility index (Phi) is 10.8. The number of amides is 3. The summed E-state index contributed by atoms with van der Waals surface area (Å²) in [5.74, 6) is -1.05. The van der Waals surface area contributed by atoms with Crippen LogP contribution in [0.5, 0.6) is 5.75 Å². The monoisotopic (exact) mass is 437 g/mol. The molecule has 1 unspecified atom stereocenters. The first kappa shape index (κ1) is 26.2. The fourth-order valence-electron chi connectivity index (χ4n) is 2.92. The number of carbonyl (C=O) groups is 3. The molecule has 0 aliphatic carbocycles. The molecule has 0 fully saturated rings. The summed E-state index contributed by atoms with van der Waals surface area (Å²) in [6.07, 6.45) is 1.99. The van der Waals surface area contributed by atoms with Crippen LogP contribution in [-0.2, 0) is 14.3 Å². The molecule has 1 atom stereocenters. The van der Waals surface area contributed by atoms with Gasteiger partial charge < -0.3 is 30.5 Å². The summed E-state index contributed by atoms with van der Waals surface area (Å²) in [4.78, 5) is 39.0. The van der Waals surface area contributed by atoms with Crippen molar-refractivity contribution in [1.82, 2.24) is 15.5 Å². The van der Waals surface area contributed by atoms with Gasteiger partial charge in [0.05, 0.1) is 6.61 Å². The molecule has 0 aliphatic rings. The minimum atomic E-state index is -1.08. The number of aliphatic hydroxyl groups excluding tert-OH is 1. The molecule has 31 heavy (non-hydrogen) atoms. The summed E-state index contributed by atoms with van der Waals surface area (Å²) in [5, 5.41) is 24.6. The third kappa shape index (κ3) is 9.69. The van der Waals surface area contributed by atoms with E-state index in [1.807, 2.05) is 0 Å². The van der Waals surface area contributed by atoms with E-state index in [4.69, 9.17) is 4.74 Å². The summed E-state index contributed by atoms with van der Waals surface area (Å²) in [6, 6.07) is 4.98. The first-order chi connectivity index (χ1) is 14.6. The number of ether oxygens (including phenoxy) is 1. The van der Waals surface area contributed by atoms with E-state index in [9.17, 15) is 24.6 Å². The Labute approximate surface area is 183 Å². The summed E-state index contributed by atoms with van der Waals surface area (Å²) < 4.78 is 5.13. The second kappa shape index (κ2) is 12.8. The fourth-order valence-corrected chi connectivity index (χ4v) is 2.92. The number of nitrogens with zero attached hydrogens (tertiary/aromatic N) is 1. The zero-order chi connectivity index (χ0) is 23.4. The smallest absolute Gasteiger partial charge is 0.408 e. The van der Waals surface area contributed by atoms with Crippen LogP contribution in [0.15, 0.2) is 24.3 Å². The molecule has 0 spiro atoms. The van der Waals surface area contributed by atoms with E-state index in [1.165, 1.54) is 17.0 Å². The van der Waals surface area contributed by atoms with Gasteiger partial charge in [-0.05, 0) is 44.9 Å². The fraction of sp³-hybridized carbons (Fsp3) is 0.591. The number of benzene rings is 1. The van der Waals surface area contributed by atoms with E-state index >= 15 is 0 Å². The molecule has 9 heteroatoms. The van der Waals surface area contributed by atoms with Gasteiger partial charge in [-0.3, -0.25) is 9.59 Å². The predicted molar refractivity (Wildman–Crippen MR) is 116 cm³/mol. The summed E-state index contributed by atoms with van der Waals surface area (Å²) >= 11 is 0. The molecule has 0 aliphatic heterocycles. The highest BCUT2D eigenvalue weighted by atomic mass is 16.6. The predicted octanol–water partition coefficient (Wildman–Crippen LogP) is 2.09. The van der Waals surface area contributed by atoms with Crippen LogP contribution in [0, 0.1) is 0 Å². The molecular formula is C22H35N3O6. The molecule has 3 amide bonds. The van der Waals surface area contributed by atoms with Gasteiger partial charge in [-0.15, -0.1) is 0 Å². The Hall–Kier alpha value is -2.81. The first-order valence-corrected chi connectivity index (χ1v) is 10.5. The molecule has 9 nitrogen and oxygen atoms in total. The lowest BCUT2D eigenvalue weighted by Gasteiger charge is -2.31. The van der Waals surface area contributed by atoms with Gasteiger partial charge in [0.25, 0.3) is 0 Å². The normalized spacial score (nSPS) is 12.0. The average molecular weight is 438 g/mol. The number of aromatic hydroxyl groups is 1. The van der Waals surface area contributed by atoms with Gasteiger partial charge >= 0.3 is 6.09 Å². The van der Waals surface area contributed by atoms with Crippen molar-refractivity contribution >= 4 is 17.9 Å². The molecule has 0 heterocycles. The van der Waals surface area contributed by atoms with E-state index in [1.54, 1.807) is 32.9 Å². The minimum Gasteiger partial charge on any atom is -0.508 e. The number of nitrogens with one attached hydrogen (secondary N) is 2. The second-order valence-corrected chi connectivity index (χ2v) is 8.16. The summed E-state index contributed by atoms with van der Waals surface area (Å²) in [5.41, 5.74) is -0.326. The van der Waals surface area contributed by atoms with Crippen molar-refractivity contribution in [3.63, 3.8) is 0 Å². The Morgan fingerprint density at radius 1 is 1.16 bits per heavy atom. The van der Waals surface area contributed by atoms with Gasteiger partial charge in [-0.25, -0.2) is 4.79 Å². The van der Waals surface area contributed by atoms with Gasteiger partial charge in [-0.1, -0.05) is 31.9 Å². The highest BCUT2D eigenvalue weighted by Crippen LogP contribution is 2.24. The molecule has 0 bridgehead atoms. The van der Waals surface area contributed by atoms with Crippen molar-refractivity contribution in [3.8, 4) is 5.75 Å². The highest BCUT2D eigenvalue weighted by Gasteiger charge is 2.31. The van der Waals surface area contributed by atoms with Crippen LogP contribution in [0.4, 0.5) is 4.79 Å². The lowest BCUT2D eigenvalue weighted by Crippen LogP contribution is -2.48. The second-order valence-electron chi connectivity index (χ2n) is 8.16. The van der Waals surface area contributed by atoms with Crippen LogP contribution in [-0.4, -0.2) is 64.9 Å². The van der Waals surface area contributed by atoms with Crippen molar-refractivity contribution in [2.24, 2.45) is 0 Å². The number of phenols is 1. The van der Waals surface area contributed by atoms with Gasteiger partial charge in [-0.2, -0.15) is 0 Å². The Morgan fingerprint density at radius 3 is 2.45 bits per heavy atom. The van der Waals surface area contributed by atoms with Crippen LogP contribution in [0.3, 0.4) is 0 Å². The zero-order valence-corrected chi connectivity index (χ0v) is 18.8. The SMILES string of the molecule is CCCCCNC(=O)C(c1cccc(O)c1)N(CCO)C(=O)CNC(=O)OC(C)(C)C. The van der Waals surface area contributed by atoms with Crippen LogP contribution < -0.4 is 10.6 Å². The maximum atomic E-state index is 13.0. The summed E-state index contributed by atoms with van der Waals surface area (Å²) in [6.45, 7) is 6.69. The maximum Gasteiger partial charge on any atom is 0.408 e. The van der Waals surface area contributed by atoms with E-state index < -0.39 is 36.1 Å². The number of rotatable bonds is 11. The van der Waals surface area contributed by atoms with Crippen molar-refractivity contribution in [3.05, 3.63) is 29.8 Å². The molecular weight excluding hydrogens is 402 g/mol. The standard InChI is InChI=1S/C22H35N3O6/c1-5-6-7-11-23-20(29)19(16-9-8-10-17(27)14-16)25(12-13-26)18(28)15-24-21(30)31-22(2,3)4/h8-10,14,19,26-27H,5-7,11-13,15H2,1-4H3,(H,23,29)(H,24,30). The molecule has 0 saturated heterocycles. The topological polar surface area (TPSA) is 128 Å². The minimum absolute atomic E-state index is 0.0513. The first-order valence-electron chi connectivity index (χ1n) is 10.5. The number of phenolic OH excluding ortho intramolecular Hbond substituents is 1. The quantitative estimate of drug-likeness (QED) is 0.393. The van der Waals surface area contributed by atoms with Crippen molar-refractivity contribution in [2.75, 3.05) is 26.2 Å². The third-order valence-corrected chi connectivity index (χ3v) is 4.27. The number of alkyl carbamates (subject to hydrolysis) is 1. The lowest BCUT2D eigenvalue weighted by molar-refractivity contribution is -0.140. The lowest BCUT2D eigenvalue weighted by atomic mass is 10.0. The molecule has 4 N–H and O–H groups in total. The largest absolute Gasteiger partial charge is 0.508 e. The highest BCUT2D eigenvalue weighted by molar-refractivity contribution is 5.90. The van der Waals surface area contributed by atoms with Crippen molar-refractivity contribution in [2.45, 2.75) is 58.6 Å². The number of hydrogen-bond donors (Lipinski definition) is 4. The number of aliphatic hydroxyl groups is 1. The van der Waals surface area contributed by atoms with Crippen molar-refractivity contribution in [1.29, 1.82) is 0 Å². The van der Waals surface area contributed by atoms with Gasteiger partial charge in [0.15, 0.2) is 0 Å². The summed E-state index contributed by atoms with van der Waals surface area (Å²) in [7, 11) is 0. The van der Waals surface area contributed by atoms with Gasteiger partial charge in [0.1, 0.15) is 23.9 Å². The van der Waals surface area contributed by atoms with Crippen LogP contribution >= 0.6 is 0 Å². The van der Waals surface area contributed by atoms with Crippen LogP contribution in [0.1, 0.15) is 58.6 Å². The third-order valence-electron chi connectivity index (χ3n) is 4.27. The van der Waals surface area contributed by atoms with Gasteiger partial charge in [0, 0.05) is 13.1 Å². The average Bonchev–Trinajstić information content (AvgIpc) is 2.68. The van der Waals surface area contributed by atoms with Crippen LogP contribution in [0.2, 0.25) is 0 Å². The number of carbonyl (C=O) groups excluding carboxylic acids is 3. The Morgan fingerprint density at radius 2 is 1.87 bits per heavy atom. The molecule has 0 radical (unpaired) electrons. The van der Waals surface area contributed by atoms with E-state index in [0.717, 1.165) is 19.3 Å². The molecule has 174 valence electrons. The molecule has 1 rings (SSSR count). The molecule has 1 aromatic carbocycles. The number of unbranched alkanes of at least 4 members (excludes halogenated alkanes) is 2. The van der Waals surface area contributed by atoms with E-state index in [0.29, 0.717) is 12.1 Å². The van der Waals surface area contributed by atoms with E-state index in [2.05, 4.69) is 17.6 Å². The molecule has 0 saturated carbocycles. The van der Waals surface area contributed by atoms with Crippen LogP contribution in [0.25, 0.3) is 0 Å². The van der Waals surface area contributed by atoms with Crippen molar-refractivity contribution < 1.29 is 29.3 Å². The molecule has 1 aromatic rings. The maximum absolute atomic E-state index is 13.0. The zero-order valence-electron chi connectivity index (χ0n) is 18.8.